The fourth-order valence-corrected chi connectivity index (χ4v) is 2.86. The Hall–Kier alpha value is -1.55. The zero-order valence-electron chi connectivity index (χ0n) is 11.9. The molecule has 2 aliphatic rings. The van der Waals surface area contributed by atoms with Gasteiger partial charge in [0.15, 0.2) is 0 Å². The summed E-state index contributed by atoms with van der Waals surface area (Å²) in [5.74, 6) is 0.961. The molecular weight excluding hydrogens is 254 g/mol. The third-order valence-corrected chi connectivity index (χ3v) is 4.34. The van der Waals surface area contributed by atoms with Gasteiger partial charge in [-0.15, -0.1) is 0 Å². The Morgan fingerprint density at radius 3 is 2.70 bits per heavy atom. The van der Waals surface area contributed by atoms with Crippen LogP contribution in [0.3, 0.4) is 0 Å². The Balaban J connectivity index is 1.63. The second-order valence-corrected chi connectivity index (χ2v) is 5.66. The van der Waals surface area contributed by atoms with Crippen LogP contribution in [0.5, 0.6) is 5.75 Å². The molecule has 20 heavy (non-hydrogen) atoms. The molecule has 1 aromatic carbocycles. The van der Waals surface area contributed by atoms with Crippen LogP contribution < -0.4 is 10.1 Å². The van der Waals surface area contributed by atoms with Crippen molar-refractivity contribution in [2.75, 3.05) is 20.3 Å². The highest BCUT2D eigenvalue weighted by molar-refractivity contribution is 5.91. The maximum Gasteiger partial charge on any atom is 0.230 e. The lowest BCUT2D eigenvalue weighted by molar-refractivity contribution is -0.124. The van der Waals surface area contributed by atoms with E-state index < -0.39 is 0 Å². The molecule has 2 fully saturated rings. The summed E-state index contributed by atoms with van der Waals surface area (Å²) in [7, 11) is 1.65. The minimum atomic E-state index is -0.315. The van der Waals surface area contributed by atoms with Gasteiger partial charge in [0.05, 0.1) is 18.6 Å². The summed E-state index contributed by atoms with van der Waals surface area (Å²) < 4.78 is 10.7. The van der Waals surface area contributed by atoms with Crippen molar-refractivity contribution in [3.63, 3.8) is 0 Å². The molecule has 4 heteroatoms. The number of ether oxygens (including phenoxy) is 2. The number of methoxy groups -OCH3 is 1. The minimum Gasteiger partial charge on any atom is -0.497 e. The molecule has 1 atom stereocenters. The Morgan fingerprint density at radius 1 is 1.40 bits per heavy atom. The topological polar surface area (TPSA) is 47.6 Å². The largest absolute Gasteiger partial charge is 0.497 e. The van der Waals surface area contributed by atoms with Gasteiger partial charge in [0, 0.05) is 13.2 Å². The van der Waals surface area contributed by atoms with Gasteiger partial charge in [-0.2, -0.15) is 0 Å². The first-order valence-electron chi connectivity index (χ1n) is 7.29. The van der Waals surface area contributed by atoms with E-state index in [0.717, 1.165) is 43.6 Å². The number of benzene rings is 1. The maximum absolute atomic E-state index is 12.4. The zero-order chi connectivity index (χ0) is 14.0. The normalized spacial score (nSPS) is 23.4. The van der Waals surface area contributed by atoms with Crippen molar-refractivity contribution in [2.45, 2.75) is 37.2 Å². The van der Waals surface area contributed by atoms with Gasteiger partial charge in [-0.05, 0) is 43.4 Å². The molecule has 0 radical (unpaired) electrons. The van der Waals surface area contributed by atoms with E-state index >= 15 is 0 Å². The molecule has 0 spiro atoms. The van der Waals surface area contributed by atoms with Crippen LogP contribution in [0.15, 0.2) is 24.3 Å². The van der Waals surface area contributed by atoms with E-state index in [1.54, 1.807) is 7.11 Å². The van der Waals surface area contributed by atoms with E-state index in [2.05, 4.69) is 5.32 Å². The first kappa shape index (κ1) is 13.4. The lowest BCUT2D eigenvalue weighted by atomic mass is 9.95. The van der Waals surface area contributed by atoms with E-state index in [4.69, 9.17) is 9.47 Å². The molecule has 4 nitrogen and oxygen atoms in total. The Morgan fingerprint density at radius 2 is 2.15 bits per heavy atom. The van der Waals surface area contributed by atoms with Gasteiger partial charge in [0.1, 0.15) is 5.75 Å². The summed E-state index contributed by atoms with van der Waals surface area (Å²) in [5.41, 5.74) is 0.772. The predicted molar refractivity (Wildman–Crippen MR) is 75.9 cm³/mol. The van der Waals surface area contributed by atoms with E-state index in [9.17, 15) is 4.79 Å². The Bertz CT molecular complexity index is 473. The summed E-state index contributed by atoms with van der Waals surface area (Å²) in [4.78, 5) is 12.4. The first-order valence-corrected chi connectivity index (χ1v) is 7.29. The lowest BCUT2D eigenvalue weighted by Gasteiger charge is -2.18. The van der Waals surface area contributed by atoms with Crippen LogP contribution in [0, 0.1) is 0 Å². The predicted octanol–water partition coefficient (Wildman–Crippen LogP) is 2.02. The van der Waals surface area contributed by atoms with E-state index in [0.29, 0.717) is 6.54 Å². The maximum atomic E-state index is 12.4. The molecular formula is C16H21NO3. The van der Waals surface area contributed by atoms with Crippen molar-refractivity contribution in [1.29, 1.82) is 0 Å². The second-order valence-electron chi connectivity index (χ2n) is 5.66. The molecule has 108 valence electrons. The second kappa shape index (κ2) is 5.44. The molecule has 1 N–H and O–H groups in total. The smallest absolute Gasteiger partial charge is 0.230 e. The van der Waals surface area contributed by atoms with E-state index in [1.165, 1.54) is 0 Å². The number of carbonyl (C=O) groups excluding carboxylic acids is 1. The standard InChI is InChI=1S/C16H21NO3/c1-19-13-6-4-12(5-7-13)16(8-9-16)15(18)17-11-14-3-2-10-20-14/h4-7,14H,2-3,8-11H2,1H3,(H,17,18). The van der Waals surface area contributed by atoms with Crippen molar-refractivity contribution < 1.29 is 14.3 Å². The molecule has 0 aromatic heterocycles. The summed E-state index contributed by atoms with van der Waals surface area (Å²) >= 11 is 0. The van der Waals surface area contributed by atoms with E-state index in [-0.39, 0.29) is 17.4 Å². The Labute approximate surface area is 119 Å². The fourth-order valence-electron chi connectivity index (χ4n) is 2.86. The number of nitrogens with one attached hydrogen (secondary N) is 1. The molecule has 1 heterocycles. The molecule has 0 bridgehead atoms. The van der Waals surface area contributed by atoms with Crippen molar-refractivity contribution in [1.82, 2.24) is 5.32 Å². The third-order valence-electron chi connectivity index (χ3n) is 4.34. The van der Waals surface area contributed by atoms with Crippen molar-refractivity contribution in [3.05, 3.63) is 29.8 Å². The fraction of sp³-hybridized carbons (Fsp3) is 0.562. The zero-order valence-corrected chi connectivity index (χ0v) is 11.9. The molecule has 3 rings (SSSR count). The third kappa shape index (κ3) is 2.52. The van der Waals surface area contributed by atoms with Crippen molar-refractivity contribution in [2.24, 2.45) is 0 Å². The average molecular weight is 275 g/mol. The van der Waals surface area contributed by atoms with Gasteiger partial charge >= 0.3 is 0 Å². The molecule has 1 amide bonds. The van der Waals surface area contributed by atoms with Crippen LogP contribution in [-0.4, -0.2) is 32.3 Å². The number of amides is 1. The summed E-state index contributed by atoms with van der Waals surface area (Å²) in [5, 5.41) is 3.06. The quantitative estimate of drug-likeness (QED) is 0.894. The van der Waals surface area contributed by atoms with Gasteiger partial charge < -0.3 is 14.8 Å². The SMILES string of the molecule is COc1ccc(C2(C(=O)NCC3CCCO3)CC2)cc1. The highest BCUT2D eigenvalue weighted by Crippen LogP contribution is 2.48. The van der Waals surface area contributed by atoms with Crippen LogP contribution in [0.4, 0.5) is 0 Å². The Kier molecular flexibility index (Phi) is 3.66. The van der Waals surface area contributed by atoms with Gasteiger partial charge in [-0.1, -0.05) is 12.1 Å². The van der Waals surface area contributed by atoms with Crippen LogP contribution in [0.25, 0.3) is 0 Å². The highest BCUT2D eigenvalue weighted by atomic mass is 16.5. The number of rotatable bonds is 5. The molecule has 1 unspecified atom stereocenters. The molecule has 1 saturated heterocycles. The summed E-state index contributed by atoms with van der Waals surface area (Å²) in [6, 6.07) is 7.83. The van der Waals surface area contributed by atoms with Crippen molar-refractivity contribution >= 4 is 5.91 Å². The minimum absolute atomic E-state index is 0.137. The molecule has 1 aliphatic heterocycles. The highest BCUT2D eigenvalue weighted by Gasteiger charge is 2.51. The molecule has 1 aromatic rings. The van der Waals surface area contributed by atoms with Crippen molar-refractivity contribution in [3.8, 4) is 5.75 Å². The lowest BCUT2D eigenvalue weighted by Crippen LogP contribution is -2.39. The average Bonchev–Trinajstić information content (AvgIpc) is 3.14. The number of hydrogen-bond donors (Lipinski definition) is 1. The van der Waals surface area contributed by atoms with Gasteiger partial charge in [-0.3, -0.25) is 4.79 Å². The number of carbonyl (C=O) groups is 1. The first-order chi connectivity index (χ1) is 9.74. The monoisotopic (exact) mass is 275 g/mol. The van der Waals surface area contributed by atoms with Crippen LogP contribution in [0.1, 0.15) is 31.2 Å². The van der Waals surface area contributed by atoms with Crippen LogP contribution in [0.2, 0.25) is 0 Å². The van der Waals surface area contributed by atoms with Gasteiger partial charge in [-0.25, -0.2) is 0 Å². The van der Waals surface area contributed by atoms with Gasteiger partial charge in [0.2, 0.25) is 5.91 Å². The molecule has 1 aliphatic carbocycles. The van der Waals surface area contributed by atoms with Crippen LogP contribution in [-0.2, 0) is 14.9 Å². The summed E-state index contributed by atoms with van der Waals surface area (Å²) in [6.45, 7) is 1.46. The van der Waals surface area contributed by atoms with E-state index in [1.807, 2.05) is 24.3 Å². The van der Waals surface area contributed by atoms with Crippen LogP contribution >= 0.6 is 0 Å². The molecule has 1 saturated carbocycles. The number of hydrogen-bond acceptors (Lipinski definition) is 3. The summed E-state index contributed by atoms with van der Waals surface area (Å²) in [6.07, 6.45) is 4.21. The van der Waals surface area contributed by atoms with Gasteiger partial charge in [0.25, 0.3) is 0 Å².